The van der Waals surface area contributed by atoms with Crippen LogP contribution in [0.4, 0.5) is 0 Å². The topological polar surface area (TPSA) is 43.1 Å². The summed E-state index contributed by atoms with van der Waals surface area (Å²) >= 11 is 0. The van der Waals surface area contributed by atoms with E-state index in [1.807, 2.05) is 43.5 Å². The van der Waals surface area contributed by atoms with Gasteiger partial charge in [-0.15, -0.1) is 0 Å². The number of nitrogens with zero attached hydrogens (tertiary/aromatic N) is 4. The normalized spacial score (nSPS) is 9.39. The standard InChI is InChI=1S/C15H15N4.C2H6.CH3.Y/c1-3-7-13-14(12-8-5-4-6-9-12)11(2)18-15-16-10-17-19(13)15;1-2;;/h4-6,8-10H,1,3,7H2,2H3;1-2H3;1H3;/q-1;;-1;. The minimum atomic E-state index is 0. The Kier molecular flexibility index (Phi) is 10.1. The van der Waals surface area contributed by atoms with E-state index in [1.54, 1.807) is 6.33 Å². The number of aryl methyl sites for hydroxylation is 2. The van der Waals surface area contributed by atoms with E-state index in [0.717, 1.165) is 35.4 Å². The SMILES string of the molecule is CC.[CH2-]CCc1c(-c2ccccc2)c(C)nc2ncnn12.[CH3-].[Y]. The van der Waals surface area contributed by atoms with Gasteiger partial charge >= 0.3 is 0 Å². The van der Waals surface area contributed by atoms with Gasteiger partial charge in [0.25, 0.3) is 5.78 Å². The largest absolute Gasteiger partial charge is 0.358 e. The molecule has 0 spiro atoms. The van der Waals surface area contributed by atoms with Crippen LogP contribution in [0.3, 0.4) is 0 Å². The van der Waals surface area contributed by atoms with Crippen molar-refractivity contribution >= 4 is 5.78 Å². The van der Waals surface area contributed by atoms with Crippen LogP contribution in [0.15, 0.2) is 36.7 Å². The van der Waals surface area contributed by atoms with Crippen molar-refractivity contribution in [2.75, 3.05) is 0 Å². The van der Waals surface area contributed by atoms with E-state index in [-0.39, 0.29) is 40.1 Å². The predicted octanol–water partition coefficient (Wildman–Crippen LogP) is 4.34. The molecule has 1 aromatic carbocycles. The van der Waals surface area contributed by atoms with Gasteiger partial charge in [0.2, 0.25) is 0 Å². The van der Waals surface area contributed by atoms with Crippen LogP contribution >= 0.6 is 0 Å². The summed E-state index contributed by atoms with van der Waals surface area (Å²) in [7, 11) is 0. The van der Waals surface area contributed by atoms with Crippen LogP contribution in [-0.2, 0) is 39.1 Å². The maximum atomic E-state index is 4.52. The quantitative estimate of drug-likeness (QED) is 0.630. The molecular weight excluding hydrogens is 361 g/mol. The van der Waals surface area contributed by atoms with Crippen molar-refractivity contribution in [3.8, 4) is 11.1 Å². The van der Waals surface area contributed by atoms with Crippen molar-refractivity contribution < 1.29 is 32.7 Å². The zero-order valence-electron chi connectivity index (χ0n) is 14.5. The summed E-state index contributed by atoms with van der Waals surface area (Å²) < 4.78 is 1.82. The van der Waals surface area contributed by atoms with Crippen LogP contribution in [0.1, 0.15) is 31.7 Å². The Hall–Kier alpha value is -1.13. The third kappa shape index (κ3) is 4.68. The van der Waals surface area contributed by atoms with Crippen LogP contribution in [0, 0.1) is 21.3 Å². The summed E-state index contributed by atoms with van der Waals surface area (Å²) in [5, 5.41) is 4.28. The number of rotatable bonds is 3. The smallest absolute Gasteiger partial charge is 0.252 e. The molecule has 2 aromatic heterocycles. The van der Waals surface area contributed by atoms with Crippen molar-refractivity contribution in [1.29, 1.82) is 0 Å². The molecule has 0 aliphatic carbocycles. The number of hydrogen-bond donors (Lipinski definition) is 0. The van der Waals surface area contributed by atoms with Gasteiger partial charge in [-0.1, -0.05) is 44.2 Å². The Balaban J connectivity index is 0.00000117. The summed E-state index contributed by atoms with van der Waals surface area (Å²) in [5.41, 5.74) is 4.41. The molecular formula is C18H24N4Y-2. The molecule has 0 saturated heterocycles. The summed E-state index contributed by atoms with van der Waals surface area (Å²) in [6, 6.07) is 10.3. The van der Waals surface area contributed by atoms with Crippen molar-refractivity contribution in [2.24, 2.45) is 0 Å². The fourth-order valence-electron chi connectivity index (χ4n) is 2.40. The van der Waals surface area contributed by atoms with Gasteiger partial charge in [0.15, 0.2) is 0 Å². The molecule has 0 amide bonds. The van der Waals surface area contributed by atoms with Gasteiger partial charge in [-0.25, -0.2) is 9.50 Å². The van der Waals surface area contributed by atoms with Crippen molar-refractivity contribution in [1.82, 2.24) is 19.6 Å². The van der Waals surface area contributed by atoms with E-state index in [0.29, 0.717) is 5.78 Å². The van der Waals surface area contributed by atoms with Crippen LogP contribution in [-0.4, -0.2) is 19.6 Å². The number of fused-ring (bicyclic) bond motifs is 1. The fraction of sp³-hybridized carbons (Fsp3) is 0.278. The molecule has 4 nitrogen and oxygen atoms in total. The summed E-state index contributed by atoms with van der Waals surface area (Å²) in [6.45, 7) is 9.97. The Morgan fingerprint density at radius 2 is 1.78 bits per heavy atom. The second-order valence-electron chi connectivity index (χ2n) is 4.46. The Labute approximate surface area is 164 Å². The first kappa shape index (κ1) is 21.9. The molecule has 121 valence electrons. The minimum absolute atomic E-state index is 0. The maximum absolute atomic E-state index is 4.52. The van der Waals surface area contributed by atoms with E-state index in [4.69, 9.17) is 0 Å². The van der Waals surface area contributed by atoms with E-state index >= 15 is 0 Å². The Bertz CT molecular complexity index is 708. The van der Waals surface area contributed by atoms with E-state index < -0.39 is 0 Å². The molecule has 0 atom stereocenters. The third-order valence-electron chi connectivity index (χ3n) is 3.18. The van der Waals surface area contributed by atoms with Gasteiger partial charge in [0, 0.05) is 38.3 Å². The fourth-order valence-corrected chi connectivity index (χ4v) is 2.40. The summed E-state index contributed by atoms with van der Waals surface area (Å²) in [5.74, 6) is 0.653. The maximum Gasteiger partial charge on any atom is 0.252 e. The monoisotopic (exact) mass is 385 g/mol. The van der Waals surface area contributed by atoms with Crippen molar-refractivity contribution in [3.63, 3.8) is 0 Å². The second kappa shape index (κ2) is 10.6. The van der Waals surface area contributed by atoms with Crippen LogP contribution < -0.4 is 0 Å². The molecule has 5 heteroatoms. The first-order chi connectivity index (χ1) is 10.3. The van der Waals surface area contributed by atoms with E-state index in [1.165, 1.54) is 0 Å². The Morgan fingerprint density at radius 1 is 1.13 bits per heavy atom. The third-order valence-corrected chi connectivity index (χ3v) is 3.18. The molecule has 3 aromatic rings. The molecule has 2 heterocycles. The van der Waals surface area contributed by atoms with Gasteiger partial charge in [0.1, 0.15) is 6.33 Å². The zero-order valence-corrected chi connectivity index (χ0v) is 17.3. The first-order valence-corrected chi connectivity index (χ1v) is 7.35. The molecule has 1 radical (unpaired) electrons. The molecule has 0 N–H and O–H groups in total. The zero-order chi connectivity index (χ0) is 15.2. The average molecular weight is 385 g/mol. The van der Waals surface area contributed by atoms with Crippen molar-refractivity contribution in [2.45, 2.75) is 33.6 Å². The van der Waals surface area contributed by atoms with Crippen molar-refractivity contribution in [3.05, 3.63) is 62.4 Å². The minimum Gasteiger partial charge on any atom is -0.358 e. The van der Waals surface area contributed by atoms with E-state index in [2.05, 4.69) is 34.1 Å². The van der Waals surface area contributed by atoms with E-state index in [9.17, 15) is 0 Å². The number of hydrogen-bond acceptors (Lipinski definition) is 3. The van der Waals surface area contributed by atoms with Crippen LogP contribution in [0.25, 0.3) is 16.9 Å². The Morgan fingerprint density at radius 3 is 2.39 bits per heavy atom. The van der Waals surface area contributed by atoms with Crippen LogP contribution in [0.2, 0.25) is 0 Å². The molecule has 0 fully saturated rings. The molecule has 0 saturated carbocycles. The number of benzene rings is 1. The molecule has 3 rings (SSSR count). The van der Waals surface area contributed by atoms with Gasteiger partial charge in [-0.05, 0) is 18.9 Å². The molecule has 0 aliphatic rings. The summed E-state index contributed by atoms with van der Waals surface area (Å²) in [4.78, 5) is 8.70. The van der Waals surface area contributed by atoms with Gasteiger partial charge in [0.05, 0.1) is 11.4 Å². The second-order valence-corrected chi connectivity index (χ2v) is 4.46. The molecule has 0 unspecified atom stereocenters. The molecule has 0 bridgehead atoms. The van der Waals surface area contributed by atoms with Gasteiger partial charge in [-0.2, -0.15) is 16.5 Å². The average Bonchev–Trinajstić information content (AvgIpc) is 2.98. The molecule has 23 heavy (non-hydrogen) atoms. The van der Waals surface area contributed by atoms with Crippen LogP contribution in [0.5, 0.6) is 0 Å². The van der Waals surface area contributed by atoms with Gasteiger partial charge in [-0.3, -0.25) is 0 Å². The predicted molar refractivity (Wildman–Crippen MR) is 92.4 cm³/mol. The molecule has 0 aliphatic heterocycles. The summed E-state index contributed by atoms with van der Waals surface area (Å²) in [6.07, 6.45) is 3.22. The first-order valence-electron chi connectivity index (χ1n) is 7.35. The number of aromatic nitrogens is 4. The van der Waals surface area contributed by atoms with Gasteiger partial charge < -0.3 is 14.4 Å².